The number of rotatable bonds is 2. The van der Waals surface area contributed by atoms with E-state index in [1.807, 2.05) is 7.05 Å². The van der Waals surface area contributed by atoms with Crippen molar-refractivity contribution in [3.63, 3.8) is 0 Å². The molecule has 1 fully saturated rings. The summed E-state index contributed by atoms with van der Waals surface area (Å²) in [7, 11) is 1.96. The summed E-state index contributed by atoms with van der Waals surface area (Å²) in [5, 5.41) is 13.6. The molecule has 2 N–H and O–H groups in total. The van der Waals surface area contributed by atoms with Crippen molar-refractivity contribution in [2.75, 3.05) is 20.1 Å². The Bertz CT molecular complexity index is 108. The molecule has 3 nitrogen and oxygen atoms in total. The fourth-order valence-electron chi connectivity index (χ4n) is 1.41. The van der Waals surface area contributed by atoms with Crippen LogP contribution in [0.25, 0.3) is 0 Å². The molecule has 2 atom stereocenters. The molecule has 0 bridgehead atoms. The van der Waals surface area contributed by atoms with Crippen molar-refractivity contribution in [1.29, 1.82) is 0 Å². The monoisotopic (exact) mass is 144 g/mol. The summed E-state index contributed by atoms with van der Waals surface area (Å²) >= 11 is 0. The first-order valence-corrected chi connectivity index (χ1v) is 3.85. The molecule has 0 aromatic rings. The Labute approximate surface area is 62.0 Å². The normalized spacial score (nSPS) is 30.9. The fraction of sp³-hybridized carbons (Fsp3) is 1.00. The zero-order chi connectivity index (χ0) is 7.56. The highest BCUT2D eigenvalue weighted by Gasteiger charge is 2.24. The summed E-state index contributed by atoms with van der Waals surface area (Å²) in [4.78, 5) is 0. The Hall–Kier alpha value is -0.120. The van der Waals surface area contributed by atoms with Gasteiger partial charge in [0.05, 0.1) is 0 Å². The van der Waals surface area contributed by atoms with Gasteiger partial charge in [0.1, 0.15) is 0 Å². The van der Waals surface area contributed by atoms with E-state index in [9.17, 15) is 0 Å². The number of hydrogen-bond acceptors (Lipinski definition) is 3. The minimum Gasteiger partial charge on any atom is -0.317 e. The largest absolute Gasteiger partial charge is 0.317 e. The number of nitrogens with zero attached hydrogens (tertiary/aromatic N) is 1. The molecular weight excluding hydrogens is 128 g/mol. The van der Waals surface area contributed by atoms with E-state index in [0.29, 0.717) is 12.0 Å². The molecule has 60 valence electrons. The maximum atomic E-state index is 9.05. The summed E-state index contributed by atoms with van der Waals surface area (Å²) in [5.41, 5.74) is 0. The molecule has 1 aliphatic heterocycles. The lowest BCUT2D eigenvalue weighted by molar-refractivity contribution is -0.0721. The molecule has 1 aliphatic rings. The molecule has 0 aromatic heterocycles. The van der Waals surface area contributed by atoms with Gasteiger partial charge in [-0.3, -0.25) is 0 Å². The van der Waals surface area contributed by atoms with Crippen LogP contribution in [0.4, 0.5) is 0 Å². The van der Waals surface area contributed by atoms with Crippen LogP contribution < -0.4 is 5.32 Å². The maximum Gasteiger partial charge on any atom is 0.0281 e. The van der Waals surface area contributed by atoms with Crippen molar-refractivity contribution in [2.24, 2.45) is 5.92 Å². The van der Waals surface area contributed by atoms with Crippen LogP contribution in [-0.4, -0.2) is 36.4 Å². The third kappa shape index (κ3) is 1.68. The highest BCUT2D eigenvalue weighted by molar-refractivity contribution is 4.78. The topological polar surface area (TPSA) is 35.5 Å². The minimum absolute atomic E-state index is 0.525. The lowest BCUT2D eigenvalue weighted by atomic mass is 10.0. The van der Waals surface area contributed by atoms with Gasteiger partial charge in [-0.1, -0.05) is 0 Å². The first-order valence-electron chi connectivity index (χ1n) is 3.85. The molecule has 0 aliphatic carbocycles. The molecule has 0 aromatic carbocycles. The first kappa shape index (κ1) is 7.98. The van der Waals surface area contributed by atoms with Crippen LogP contribution in [0.3, 0.4) is 0 Å². The van der Waals surface area contributed by atoms with E-state index in [0.717, 1.165) is 19.5 Å². The van der Waals surface area contributed by atoms with Gasteiger partial charge in [-0.25, -0.2) is 0 Å². The van der Waals surface area contributed by atoms with Crippen LogP contribution in [-0.2, 0) is 0 Å². The summed E-state index contributed by atoms with van der Waals surface area (Å²) in [5.74, 6) is 0.620. The lowest BCUT2D eigenvalue weighted by Gasteiger charge is -2.17. The summed E-state index contributed by atoms with van der Waals surface area (Å²) in [6.07, 6.45) is 1.11. The number of nitrogens with one attached hydrogen (secondary N) is 1. The SMILES string of the molecule is CNC(C)C1CCN(O)C1. The van der Waals surface area contributed by atoms with E-state index in [-0.39, 0.29) is 0 Å². The molecule has 0 spiro atoms. The number of hydroxylamine groups is 2. The van der Waals surface area contributed by atoms with Gasteiger partial charge in [0.15, 0.2) is 0 Å². The second-order valence-electron chi connectivity index (χ2n) is 3.04. The van der Waals surface area contributed by atoms with Crippen molar-refractivity contribution >= 4 is 0 Å². The van der Waals surface area contributed by atoms with Crippen molar-refractivity contribution in [1.82, 2.24) is 10.4 Å². The Morgan fingerprint density at radius 2 is 2.40 bits per heavy atom. The van der Waals surface area contributed by atoms with Crippen LogP contribution in [0, 0.1) is 5.92 Å². The van der Waals surface area contributed by atoms with E-state index >= 15 is 0 Å². The molecular formula is C7H16N2O. The highest BCUT2D eigenvalue weighted by Crippen LogP contribution is 2.17. The third-order valence-electron chi connectivity index (χ3n) is 2.37. The quantitative estimate of drug-likeness (QED) is 0.585. The fourth-order valence-corrected chi connectivity index (χ4v) is 1.41. The lowest BCUT2D eigenvalue weighted by Crippen LogP contribution is -2.32. The van der Waals surface area contributed by atoms with Gasteiger partial charge in [-0.05, 0) is 26.3 Å². The maximum absolute atomic E-state index is 9.05. The van der Waals surface area contributed by atoms with E-state index in [1.54, 1.807) is 0 Å². The molecule has 2 unspecified atom stereocenters. The Kier molecular flexibility index (Phi) is 2.65. The van der Waals surface area contributed by atoms with Crippen molar-refractivity contribution < 1.29 is 5.21 Å². The van der Waals surface area contributed by atoms with E-state index in [4.69, 9.17) is 5.21 Å². The van der Waals surface area contributed by atoms with Crippen LogP contribution in [0.15, 0.2) is 0 Å². The Balaban J connectivity index is 2.29. The van der Waals surface area contributed by atoms with Gasteiger partial charge in [0, 0.05) is 19.1 Å². The molecule has 1 rings (SSSR count). The van der Waals surface area contributed by atoms with Crippen LogP contribution >= 0.6 is 0 Å². The zero-order valence-corrected chi connectivity index (χ0v) is 6.67. The Morgan fingerprint density at radius 3 is 2.80 bits per heavy atom. The molecule has 1 saturated heterocycles. The van der Waals surface area contributed by atoms with Crippen LogP contribution in [0.1, 0.15) is 13.3 Å². The van der Waals surface area contributed by atoms with E-state index in [2.05, 4.69) is 12.2 Å². The smallest absolute Gasteiger partial charge is 0.0281 e. The molecule has 10 heavy (non-hydrogen) atoms. The third-order valence-corrected chi connectivity index (χ3v) is 2.37. The van der Waals surface area contributed by atoms with Crippen molar-refractivity contribution in [3.8, 4) is 0 Å². The average molecular weight is 144 g/mol. The molecule has 0 saturated carbocycles. The van der Waals surface area contributed by atoms with Gasteiger partial charge in [-0.2, -0.15) is 5.06 Å². The predicted octanol–water partition coefficient (Wildman–Crippen LogP) is 0.305. The van der Waals surface area contributed by atoms with E-state index < -0.39 is 0 Å². The Morgan fingerprint density at radius 1 is 1.70 bits per heavy atom. The average Bonchev–Trinajstić information content (AvgIpc) is 2.34. The first-order chi connectivity index (χ1) is 4.74. The molecule has 0 amide bonds. The standard InChI is InChI=1S/C7H16N2O/c1-6(8-2)7-3-4-9(10)5-7/h6-8,10H,3-5H2,1-2H3. The van der Waals surface area contributed by atoms with Gasteiger partial charge in [0.25, 0.3) is 0 Å². The highest BCUT2D eigenvalue weighted by atomic mass is 16.5. The van der Waals surface area contributed by atoms with Crippen molar-refractivity contribution in [3.05, 3.63) is 0 Å². The molecule has 1 heterocycles. The van der Waals surface area contributed by atoms with Gasteiger partial charge >= 0.3 is 0 Å². The second kappa shape index (κ2) is 3.32. The van der Waals surface area contributed by atoms with Gasteiger partial charge < -0.3 is 10.5 Å². The second-order valence-corrected chi connectivity index (χ2v) is 3.04. The van der Waals surface area contributed by atoms with Gasteiger partial charge in [-0.15, -0.1) is 0 Å². The zero-order valence-electron chi connectivity index (χ0n) is 6.67. The summed E-state index contributed by atoms with van der Waals surface area (Å²) < 4.78 is 0. The molecule has 3 heteroatoms. The number of hydrogen-bond donors (Lipinski definition) is 2. The summed E-state index contributed by atoms with van der Waals surface area (Å²) in [6.45, 7) is 3.81. The summed E-state index contributed by atoms with van der Waals surface area (Å²) in [6, 6.07) is 0.525. The minimum atomic E-state index is 0.525. The predicted molar refractivity (Wildman–Crippen MR) is 40.0 cm³/mol. The molecule has 0 radical (unpaired) electrons. The van der Waals surface area contributed by atoms with E-state index in [1.165, 1.54) is 5.06 Å². The van der Waals surface area contributed by atoms with Gasteiger partial charge in [0.2, 0.25) is 0 Å². The van der Waals surface area contributed by atoms with Crippen LogP contribution in [0.5, 0.6) is 0 Å². The van der Waals surface area contributed by atoms with Crippen molar-refractivity contribution in [2.45, 2.75) is 19.4 Å². The van der Waals surface area contributed by atoms with Crippen LogP contribution in [0.2, 0.25) is 0 Å².